The molecule has 0 atom stereocenters. The Morgan fingerprint density at radius 2 is 1.50 bits per heavy atom. The third kappa shape index (κ3) is 4.83. The number of rotatable bonds is 4. The van der Waals surface area contributed by atoms with Gasteiger partial charge in [0.15, 0.2) is 0 Å². The normalized spacial score (nSPS) is 26.9. The van der Waals surface area contributed by atoms with Gasteiger partial charge >= 0.3 is 6.03 Å². The predicted octanol–water partition coefficient (Wildman–Crippen LogP) is 1.36. The van der Waals surface area contributed by atoms with Crippen molar-refractivity contribution in [3.63, 3.8) is 0 Å². The zero-order valence-electron chi connectivity index (χ0n) is 15.0. The Kier molecular flexibility index (Phi) is 6.36. The minimum Gasteiger partial charge on any atom is -0.379 e. The van der Waals surface area contributed by atoms with E-state index >= 15 is 0 Å². The molecule has 24 heavy (non-hydrogen) atoms. The first-order chi connectivity index (χ1) is 11.7. The largest absolute Gasteiger partial charge is 0.379 e. The first kappa shape index (κ1) is 18.0. The summed E-state index contributed by atoms with van der Waals surface area (Å²) in [5.74, 6) is 0. The molecule has 3 aliphatic rings. The molecule has 0 bridgehead atoms. The third-order valence-electron chi connectivity index (χ3n) is 6.04. The fourth-order valence-corrected chi connectivity index (χ4v) is 4.73. The van der Waals surface area contributed by atoms with Gasteiger partial charge in [-0.25, -0.2) is 4.79 Å². The Balaban J connectivity index is 1.59. The van der Waals surface area contributed by atoms with Crippen LogP contribution in [-0.4, -0.2) is 86.3 Å². The molecule has 0 radical (unpaired) electrons. The van der Waals surface area contributed by atoms with Crippen molar-refractivity contribution >= 4 is 6.03 Å². The van der Waals surface area contributed by atoms with Crippen molar-refractivity contribution in [2.75, 3.05) is 65.6 Å². The molecule has 0 aromatic rings. The van der Waals surface area contributed by atoms with Gasteiger partial charge in [-0.2, -0.15) is 0 Å². The fourth-order valence-electron chi connectivity index (χ4n) is 4.73. The second-order valence-electron chi connectivity index (χ2n) is 7.90. The maximum atomic E-state index is 11.4. The van der Waals surface area contributed by atoms with Gasteiger partial charge in [0, 0.05) is 45.8 Å². The molecule has 2 saturated heterocycles. The Labute approximate surface area is 146 Å². The number of hydrogen-bond donors (Lipinski definition) is 1. The van der Waals surface area contributed by atoms with E-state index < -0.39 is 0 Å². The first-order valence-electron chi connectivity index (χ1n) is 9.74. The van der Waals surface area contributed by atoms with E-state index in [4.69, 9.17) is 10.5 Å². The summed E-state index contributed by atoms with van der Waals surface area (Å²) in [5.41, 5.74) is 5.89. The zero-order chi connectivity index (χ0) is 16.8. The number of ether oxygens (including phenoxy) is 1. The SMILES string of the molecule is NC(=O)N1CCCN(CC2(CN3CCOCC3)CCCCC2)CC1. The molecule has 1 aliphatic carbocycles. The van der Waals surface area contributed by atoms with Crippen LogP contribution in [0.15, 0.2) is 0 Å². The highest BCUT2D eigenvalue weighted by Gasteiger charge is 2.36. The molecule has 0 unspecified atom stereocenters. The van der Waals surface area contributed by atoms with Crippen molar-refractivity contribution in [3.8, 4) is 0 Å². The molecule has 2 N–H and O–H groups in total. The van der Waals surface area contributed by atoms with Crippen LogP contribution >= 0.6 is 0 Å². The predicted molar refractivity (Wildman–Crippen MR) is 95.0 cm³/mol. The number of morpholine rings is 1. The van der Waals surface area contributed by atoms with Crippen LogP contribution in [0.2, 0.25) is 0 Å². The highest BCUT2D eigenvalue weighted by molar-refractivity contribution is 5.71. The number of primary amides is 1. The van der Waals surface area contributed by atoms with E-state index in [9.17, 15) is 4.79 Å². The number of hydrogen-bond acceptors (Lipinski definition) is 4. The monoisotopic (exact) mass is 338 g/mol. The molecule has 6 nitrogen and oxygen atoms in total. The average molecular weight is 338 g/mol. The number of urea groups is 1. The van der Waals surface area contributed by atoms with Gasteiger partial charge in [-0.3, -0.25) is 4.90 Å². The van der Waals surface area contributed by atoms with Crippen LogP contribution in [0.5, 0.6) is 0 Å². The van der Waals surface area contributed by atoms with E-state index in [0.29, 0.717) is 5.41 Å². The molecular weight excluding hydrogens is 304 g/mol. The number of nitrogens with two attached hydrogens (primary N) is 1. The quantitative estimate of drug-likeness (QED) is 0.841. The Hall–Kier alpha value is -0.850. The van der Waals surface area contributed by atoms with E-state index in [1.54, 1.807) is 4.90 Å². The first-order valence-corrected chi connectivity index (χ1v) is 9.74. The summed E-state index contributed by atoms with van der Waals surface area (Å²) in [4.78, 5) is 18.4. The lowest BCUT2D eigenvalue weighted by molar-refractivity contribution is -0.00348. The van der Waals surface area contributed by atoms with Crippen molar-refractivity contribution in [1.29, 1.82) is 0 Å². The highest BCUT2D eigenvalue weighted by atomic mass is 16.5. The molecule has 2 aliphatic heterocycles. The second-order valence-corrected chi connectivity index (χ2v) is 7.90. The minimum atomic E-state index is -0.266. The molecule has 2 amide bonds. The summed E-state index contributed by atoms with van der Waals surface area (Å²) in [5, 5.41) is 0. The number of nitrogens with zero attached hydrogens (tertiary/aromatic N) is 3. The summed E-state index contributed by atoms with van der Waals surface area (Å²) in [6, 6.07) is -0.266. The topological polar surface area (TPSA) is 62.0 Å². The second kappa shape index (κ2) is 8.50. The molecule has 2 heterocycles. The van der Waals surface area contributed by atoms with Crippen molar-refractivity contribution in [3.05, 3.63) is 0 Å². The number of carbonyl (C=O) groups excluding carboxylic acids is 1. The summed E-state index contributed by atoms with van der Waals surface area (Å²) in [6.45, 7) is 9.96. The van der Waals surface area contributed by atoms with Crippen LogP contribution in [-0.2, 0) is 4.74 Å². The lowest BCUT2D eigenvalue weighted by atomic mass is 9.73. The van der Waals surface area contributed by atoms with E-state index in [-0.39, 0.29) is 6.03 Å². The van der Waals surface area contributed by atoms with Gasteiger partial charge in [-0.15, -0.1) is 0 Å². The van der Waals surface area contributed by atoms with E-state index in [2.05, 4.69) is 9.80 Å². The van der Waals surface area contributed by atoms with E-state index in [0.717, 1.165) is 58.9 Å². The van der Waals surface area contributed by atoms with Crippen molar-refractivity contribution in [2.45, 2.75) is 38.5 Å². The van der Waals surface area contributed by atoms with Crippen LogP contribution in [0.1, 0.15) is 38.5 Å². The summed E-state index contributed by atoms with van der Waals surface area (Å²) in [7, 11) is 0. The van der Waals surface area contributed by atoms with Crippen LogP contribution in [0.25, 0.3) is 0 Å². The fraction of sp³-hybridized carbons (Fsp3) is 0.944. The maximum absolute atomic E-state index is 11.4. The molecule has 6 heteroatoms. The Morgan fingerprint density at radius 1 is 0.833 bits per heavy atom. The van der Waals surface area contributed by atoms with Crippen molar-refractivity contribution in [2.24, 2.45) is 11.1 Å². The van der Waals surface area contributed by atoms with Gasteiger partial charge in [-0.1, -0.05) is 19.3 Å². The summed E-state index contributed by atoms with van der Waals surface area (Å²) < 4.78 is 5.52. The molecule has 0 spiro atoms. The molecule has 3 rings (SSSR count). The highest BCUT2D eigenvalue weighted by Crippen LogP contribution is 2.38. The lowest BCUT2D eigenvalue weighted by Crippen LogP contribution is -2.50. The van der Waals surface area contributed by atoms with Gasteiger partial charge in [0.1, 0.15) is 0 Å². The van der Waals surface area contributed by atoms with Crippen LogP contribution in [0.4, 0.5) is 4.79 Å². The third-order valence-corrected chi connectivity index (χ3v) is 6.04. The molecule has 0 aromatic carbocycles. The van der Waals surface area contributed by atoms with Gasteiger partial charge in [-0.05, 0) is 31.2 Å². The maximum Gasteiger partial charge on any atom is 0.314 e. The smallest absolute Gasteiger partial charge is 0.314 e. The van der Waals surface area contributed by atoms with Gasteiger partial charge < -0.3 is 20.3 Å². The van der Waals surface area contributed by atoms with E-state index in [1.807, 2.05) is 0 Å². The van der Waals surface area contributed by atoms with Crippen LogP contribution in [0.3, 0.4) is 0 Å². The van der Waals surface area contributed by atoms with Crippen LogP contribution < -0.4 is 5.73 Å². The van der Waals surface area contributed by atoms with Gasteiger partial charge in [0.2, 0.25) is 0 Å². The van der Waals surface area contributed by atoms with Gasteiger partial charge in [0.05, 0.1) is 13.2 Å². The molecule has 0 aromatic heterocycles. The van der Waals surface area contributed by atoms with Crippen molar-refractivity contribution < 1.29 is 9.53 Å². The Bertz CT molecular complexity index is 406. The zero-order valence-corrected chi connectivity index (χ0v) is 15.0. The molecule has 1 saturated carbocycles. The number of amides is 2. The van der Waals surface area contributed by atoms with Crippen LogP contribution in [0, 0.1) is 5.41 Å². The van der Waals surface area contributed by atoms with Crippen molar-refractivity contribution in [1.82, 2.24) is 14.7 Å². The summed E-state index contributed by atoms with van der Waals surface area (Å²) >= 11 is 0. The Morgan fingerprint density at radius 3 is 2.17 bits per heavy atom. The minimum absolute atomic E-state index is 0.266. The molecule has 138 valence electrons. The number of carbonyl (C=O) groups is 1. The summed E-state index contributed by atoms with van der Waals surface area (Å²) in [6.07, 6.45) is 7.86. The van der Waals surface area contributed by atoms with E-state index in [1.165, 1.54) is 45.2 Å². The lowest BCUT2D eigenvalue weighted by Gasteiger charge is -2.44. The molecule has 3 fully saturated rings. The van der Waals surface area contributed by atoms with Gasteiger partial charge in [0.25, 0.3) is 0 Å². The average Bonchev–Trinajstić information content (AvgIpc) is 2.82. The standard InChI is InChI=1S/C18H34N4O2/c19-17(23)22-8-4-7-20(9-10-22)15-18(5-2-1-3-6-18)16-21-11-13-24-14-12-21/h1-16H2,(H2,19,23). The molecular formula is C18H34N4O2.